The Morgan fingerprint density at radius 3 is 2.81 bits per heavy atom. The van der Waals surface area contributed by atoms with Crippen LogP contribution in [-0.2, 0) is 17.6 Å². The van der Waals surface area contributed by atoms with Crippen LogP contribution in [0.4, 0.5) is 4.39 Å². The number of carbonyl (C=O) groups is 1. The van der Waals surface area contributed by atoms with Crippen molar-refractivity contribution in [3.63, 3.8) is 0 Å². The van der Waals surface area contributed by atoms with E-state index in [1.807, 2.05) is 24.4 Å². The van der Waals surface area contributed by atoms with E-state index in [0.717, 1.165) is 39.6 Å². The highest BCUT2D eigenvalue weighted by Crippen LogP contribution is 2.36. The Labute approximate surface area is 179 Å². The lowest BCUT2D eigenvalue weighted by Gasteiger charge is -2.12. The molecule has 1 aromatic heterocycles. The van der Waals surface area contributed by atoms with Crippen molar-refractivity contribution in [1.29, 1.82) is 0 Å². The summed E-state index contributed by atoms with van der Waals surface area (Å²) in [5.74, 6) is 0.282. The largest absolute Gasteiger partial charge is 0.488 e. The first-order valence-electron chi connectivity index (χ1n) is 10.3. The summed E-state index contributed by atoms with van der Waals surface area (Å²) in [7, 11) is 0. The number of halogens is 1. The molecule has 1 atom stereocenters. The smallest absolute Gasteiger partial charge is 0.224 e. The van der Waals surface area contributed by atoms with Crippen molar-refractivity contribution in [2.24, 2.45) is 0 Å². The molecule has 0 aliphatic carbocycles. The summed E-state index contributed by atoms with van der Waals surface area (Å²) in [4.78, 5) is 16.4. The summed E-state index contributed by atoms with van der Waals surface area (Å²) < 4.78 is 19.8. The summed E-state index contributed by atoms with van der Waals surface area (Å²) in [6, 6.07) is 20.8. The molecule has 3 aromatic carbocycles. The highest BCUT2D eigenvalue weighted by atomic mass is 19.1. The van der Waals surface area contributed by atoms with E-state index in [1.54, 1.807) is 24.4 Å². The summed E-state index contributed by atoms with van der Waals surface area (Å²) in [5.41, 5.74) is 3.75. The van der Waals surface area contributed by atoms with Crippen LogP contribution >= 0.6 is 0 Å². The first-order chi connectivity index (χ1) is 15.2. The van der Waals surface area contributed by atoms with Crippen LogP contribution in [0.25, 0.3) is 21.9 Å². The molecular weight excluding hydrogens is 391 g/mol. The van der Waals surface area contributed by atoms with Gasteiger partial charge in [0.05, 0.1) is 13.0 Å². The molecule has 2 heterocycles. The van der Waals surface area contributed by atoms with Gasteiger partial charge in [-0.05, 0) is 46.2 Å². The van der Waals surface area contributed by atoms with Crippen molar-refractivity contribution in [3.8, 4) is 16.9 Å². The van der Waals surface area contributed by atoms with Crippen LogP contribution < -0.4 is 10.1 Å². The molecule has 1 unspecified atom stereocenters. The standard InChI is InChI=1S/C26H21FN2O2/c27-24-6-2-1-4-19(24)13-26(30)29-16-21-14-23-22-9-7-17(20-5-3-11-28-15-20)12-18(22)8-10-25(23)31-21/h1-12,15,21H,13-14,16H2,(H,29,30). The third-order valence-corrected chi connectivity index (χ3v) is 5.64. The molecule has 4 aromatic rings. The lowest BCUT2D eigenvalue weighted by molar-refractivity contribution is -0.120. The van der Waals surface area contributed by atoms with E-state index in [4.69, 9.17) is 4.74 Å². The SMILES string of the molecule is O=C(Cc1ccccc1F)NCC1Cc2c(ccc3cc(-c4cccnc4)ccc23)O1. The minimum atomic E-state index is -0.362. The molecule has 5 rings (SSSR count). The molecule has 0 saturated carbocycles. The van der Waals surface area contributed by atoms with Gasteiger partial charge in [0.2, 0.25) is 5.91 Å². The number of nitrogens with one attached hydrogen (secondary N) is 1. The number of hydrogen-bond acceptors (Lipinski definition) is 3. The Balaban J connectivity index is 1.27. The first kappa shape index (κ1) is 19.2. The number of aromatic nitrogens is 1. The number of hydrogen-bond donors (Lipinski definition) is 1. The van der Waals surface area contributed by atoms with Gasteiger partial charge in [-0.25, -0.2) is 4.39 Å². The van der Waals surface area contributed by atoms with Gasteiger partial charge in [0.1, 0.15) is 17.7 Å². The van der Waals surface area contributed by atoms with Gasteiger partial charge in [0.25, 0.3) is 0 Å². The maximum Gasteiger partial charge on any atom is 0.224 e. The van der Waals surface area contributed by atoms with Crippen molar-refractivity contribution in [2.75, 3.05) is 6.54 Å². The molecule has 0 bridgehead atoms. The summed E-state index contributed by atoms with van der Waals surface area (Å²) in [6.45, 7) is 0.386. The van der Waals surface area contributed by atoms with Gasteiger partial charge in [-0.1, -0.05) is 42.5 Å². The van der Waals surface area contributed by atoms with Crippen molar-refractivity contribution in [1.82, 2.24) is 10.3 Å². The Hall–Kier alpha value is -3.73. The van der Waals surface area contributed by atoms with Crippen LogP contribution in [0.15, 0.2) is 79.1 Å². The molecule has 1 N–H and O–H groups in total. The predicted molar refractivity (Wildman–Crippen MR) is 118 cm³/mol. The van der Waals surface area contributed by atoms with Crippen molar-refractivity contribution in [2.45, 2.75) is 18.9 Å². The molecule has 31 heavy (non-hydrogen) atoms. The lowest BCUT2D eigenvalue weighted by Crippen LogP contribution is -2.35. The van der Waals surface area contributed by atoms with Crippen LogP contribution in [-0.4, -0.2) is 23.5 Å². The maximum atomic E-state index is 13.7. The van der Waals surface area contributed by atoms with Gasteiger partial charge in [0.15, 0.2) is 0 Å². The zero-order chi connectivity index (χ0) is 21.2. The predicted octanol–water partition coefficient (Wildman–Crippen LogP) is 4.70. The minimum Gasteiger partial charge on any atom is -0.488 e. The van der Waals surface area contributed by atoms with Crippen molar-refractivity contribution < 1.29 is 13.9 Å². The van der Waals surface area contributed by atoms with Crippen LogP contribution in [0.5, 0.6) is 5.75 Å². The fourth-order valence-corrected chi connectivity index (χ4v) is 4.08. The molecule has 0 saturated heterocycles. The number of amides is 1. The minimum absolute atomic E-state index is 0.0202. The molecule has 5 heteroatoms. The second kappa shape index (κ2) is 8.19. The average Bonchev–Trinajstić information content (AvgIpc) is 3.23. The van der Waals surface area contributed by atoms with Crippen LogP contribution in [0.3, 0.4) is 0 Å². The topological polar surface area (TPSA) is 51.2 Å². The Bertz CT molecular complexity index is 1260. The summed E-state index contributed by atoms with van der Waals surface area (Å²) in [5, 5.41) is 5.18. The zero-order valence-corrected chi connectivity index (χ0v) is 16.8. The van der Waals surface area contributed by atoms with Gasteiger partial charge in [-0.15, -0.1) is 0 Å². The maximum absolute atomic E-state index is 13.7. The number of pyridine rings is 1. The third-order valence-electron chi connectivity index (χ3n) is 5.64. The molecule has 0 spiro atoms. The van der Waals surface area contributed by atoms with Crippen molar-refractivity contribution in [3.05, 3.63) is 96.1 Å². The zero-order valence-electron chi connectivity index (χ0n) is 16.8. The van der Waals surface area contributed by atoms with Crippen LogP contribution in [0.1, 0.15) is 11.1 Å². The second-order valence-electron chi connectivity index (χ2n) is 7.74. The van der Waals surface area contributed by atoms with Gasteiger partial charge >= 0.3 is 0 Å². The van der Waals surface area contributed by atoms with E-state index < -0.39 is 0 Å². The lowest BCUT2D eigenvalue weighted by atomic mass is 9.97. The number of ether oxygens (including phenoxy) is 1. The van der Waals surface area contributed by atoms with Crippen LogP contribution in [0.2, 0.25) is 0 Å². The van der Waals surface area contributed by atoms with Crippen molar-refractivity contribution >= 4 is 16.7 Å². The van der Waals surface area contributed by atoms with E-state index >= 15 is 0 Å². The van der Waals surface area contributed by atoms with Gasteiger partial charge in [0, 0.05) is 29.9 Å². The first-order valence-corrected chi connectivity index (χ1v) is 10.3. The molecular formula is C26H21FN2O2. The normalized spacial score (nSPS) is 14.8. The Morgan fingerprint density at radius 2 is 1.97 bits per heavy atom. The average molecular weight is 412 g/mol. The number of nitrogens with zero attached hydrogens (tertiary/aromatic N) is 1. The van der Waals surface area contributed by atoms with Gasteiger partial charge in [-0.3, -0.25) is 9.78 Å². The third kappa shape index (κ3) is 3.99. The quantitative estimate of drug-likeness (QED) is 0.517. The number of carbonyl (C=O) groups excluding carboxylic acids is 1. The molecule has 1 amide bonds. The molecule has 0 fully saturated rings. The van der Waals surface area contributed by atoms with Gasteiger partial charge in [-0.2, -0.15) is 0 Å². The molecule has 1 aliphatic rings. The molecule has 0 radical (unpaired) electrons. The number of benzene rings is 3. The van der Waals surface area contributed by atoms with E-state index in [9.17, 15) is 9.18 Å². The number of fused-ring (bicyclic) bond motifs is 3. The molecule has 4 nitrogen and oxygen atoms in total. The molecule has 154 valence electrons. The van der Waals surface area contributed by atoms with Gasteiger partial charge < -0.3 is 10.1 Å². The number of rotatable bonds is 5. The van der Waals surface area contributed by atoms with E-state index in [1.165, 1.54) is 6.07 Å². The Kier molecular flexibility index (Phi) is 5.08. The second-order valence-corrected chi connectivity index (χ2v) is 7.74. The monoisotopic (exact) mass is 412 g/mol. The summed E-state index contributed by atoms with van der Waals surface area (Å²) in [6.07, 6.45) is 4.23. The molecule has 1 aliphatic heterocycles. The fourth-order valence-electron chi connectivity index (χ4n) is 4.08. The van der Waals surface area contributed by atoms with Crippen LogP contribution in [0, 0.1) is 5.82 Å². The fraction of sp³-hybridized carbons (Fsp3) is 0.154. The highest BCUT2D eigenvalue weighted by molar-refractivity contribution is 5.91. The van der Waals surface area contributed by atoms with E-state index in [0.29, 0.717) is 12.1 Å². The Morgan fingerprint density at radius 1 is 1.06 bits per heavy atom. The highest BCUT2D eigenvalue weighted by Gasteiger charge is 2.25. The van der Waals surface area contributed by atoms with E-state index in [-0.39, 0.29) is 24.2 Å². The summed E-state index contributed by atoms with van der Waals surface area (Å²) >= 11 is 0. The van der Waals surface area contributed by atoms with E-state index in [2.05, 4.69) is 34.6 Å².